The molecule has 1 aliphatic heterocycles. The van der Waals surface area contributed by atoms with Gasteiger partial charge in [-0.3, -0.25) is 4.79 Å². The first-order chi connectivity index (χ1) is 10.7. The number of nitrogens with zero attached hydrogens (tertiary/aromatic N) is 3. The molecule has 0 bridgehead atoms. The van der Waals surface area contributed by atoms with Crippen LogP contribution >= 0.6 is 0 Å². The largest absolute Gasteiger partial charge is 0.345 e. The molecular weight excluding hydrogens is 290 g/mol. The molecule has 0 radical (unpaired) electrons. The number of halogens is 2. The van der Waals surface area contributed by atoms with Gasteiger partial charge in [0.2, 0.25) is 0 Å². The number of amides is 1. The number of benzene rings is 1. The van der Waals surface area contributed by atoms with Gasteiger partial charge < -0.3 is 9.88 Å². The molecule has 7 heteroatoms. The van der Waals surface area contributed by atoms with Crippen molar-refractivity contribution in [2.24, 2.45) is 0 Å². The van der Waals surface area contributed by atoms with Crippen LogP contribution in [0.2, 0.25) is 0 Å². The van der Waals surface area contributed by atoms with Gasteiger partial charge in [0.1, 0.15) is 23.0 Å². The minimum Gasteiger partial charge on any atom is -0.345 e. The van der Waals surface area contributed by atoms with Crippen LogP contribution < -0.4 is 5.32 Å². The van der Waals surface area contributed by atoms with Gasteiger partial charge in [-0.2, -0.15) is 0 Å². The Kier molecular flexibility index (Phi) is 4.13. The molecule has 0 fully saturated rings. The highest BCUT2D eigenvalue weighted by Gasteiger charge is 2.19. The lowest BCUT2D eigenvalue weighted by Gasteiger charge is -2.09. The van der Waals surface area contributed by atoms with Crippen LogP contribution in [0.4, 0.5) is 8.78 Å². The summed E-state index contributed by atoms with van der Waals surface area (Å²) in [6.45, 7) is 0.904. The third-order valence-corrected chi connectivity index (χ3v) is 3.78. The fourth-order valence-corrected chi connectivity index (χ4v) is 2.64. The zero-order chi connectivity index (χ0) is 15.5. The monoisotopic (exact) mass is 306 g/mol. The standard InChI is InChI=1S/C15H16F2N4O/c16-10-5-4-6-11(17)14(10)15(22)18-9-13-20-19-12-7-2-1-3-8-21(12)13/h4-6H,1-3,7-9H2,(H,18,22). The zero-order valence-corrected chi connectivity index (χ0v) is 12.0. The summed E-state index contributed by atoms with van der Waals surface area (Å²) in [6.07, 6.45) is 4.11. The highest BCUT2D eigenvalue weighted by atomic mass is 19.1. The second kappa shape index (κ2) is 6.21. The van der Waals surface area contributed by atoms with Crippen LogP contribution in [0.25, 0.3) is 0 Å². The maximum Gasteiger partial charge on any atom is 0.257 e. The van der Waals surface area contributed by atoms with Crippen molar-refractivity contribution in [1.29, 1.82) is 0 Å². The van der Waals surface area contributed by atoms with Crippen molar-refractivity contribution in [2.75, 3.05) is 0 Å². The Labute approximate surface area is 126 Å². The van der Waals surface area contributed by atoms with Gasteiger partial charge in [-0.05, 0) is 25.0 Å². The van der Waals surface area contributed by atoms with Crippen LogP contribution in [-0.4, -0.2) is 20.7 Å². The first-order valence-electron chi connectivity index (χ1n) is 7.30. The normalized spacial score (nSPS) is 14.3. The van der Waals surface area contributed by atoms with E-state index in [1.807, 2.05) is 4.57 Å². The molecule has 5 nitrogen and oxygen atoms in total. The highest BCUT2D eigenvalue weighted by Crippen LogP contribution is 2.15. The summed E-state index contributed by atoms with van der Waals surface area (Å²) < 4.78 is 29.1. The van der Waals surface area contributed by atoms with Crippen LogP contribution in [0.1, 0.15) is 41.3 Å². The van der Waals surface area contributed by atoms with Crippen LogP contribution in [0, 0.1) is 11.6 Å². The minimum atomic E-state index is -0.877. The molecule has 0 saturated heterocycles. The number of carbonyl (C=O) groups excluding carboxylic acids is 1. The summed E-state index contributed by atoms with van der Waals surface area (Å²) >= 11 is 0. The molecule has 116 valence electrons. The van der Waals surface area contributed by atoms with E-state index in [2.05, 4.69) is 15.5 Å². The zero-order valence-electron chi connectivity index (χ0n) is 12.0. The van der Waals surface area contributed by atoms with Crippen molar-refractivity contribution < 1.29 is 13.6 Å². The summed E-state index contributed by atoms with van der Waals surface area (Å²) in [5, 5.41) is 10.7. The predicted octanol–water partition coefficient (Wildman–Crippen LogP) is 2.21. The van der Waals surface area contributed by atoms with E-state index in [1.54, 1.807) is 0 Å². The van der Waals surface area contributed by atoms with E-state index in [0.29, 0.717) is 5.82 Å². The van der Waals surface area contributed by atoms with E-state index in [4.69, 9.17) is 0 Å². The van der Waals surface area contributed by atoms with Gasteiger partial charge in [-0.25, -0.2) is 8.78 Å². The Hall–Kier alpha value is -2.31. The van der Waals surface area contributed by atoms with Gasteiger partial charge in [0.15, 0.2) is 5.82 Å². The molecule has 0 unspecified atom stereocenters. The number of aromatic nitrogens is 3. The molecule has 22 heavy (non-hydrogen) atoms. The third kappa shape index (κ3) is 2.84. The quantitative estimate of drug-likeness (QED) is 0.946. The number of hydrogen-bond acceptors (Lipinski definition) is 3. The van der Waals surface area contributed by atoms with Gasteiger partial charge in [0.25, 0.3) is 5.91 Å². The van der Waals surface area contributed by atoms with E-state index in [9.17, 15) is 13.6 Å². The smallest absolute Gasteiger partial charge is 0.257 e. The summed E-state index contributed by atoms with van der Waals surface area (Å²) in [7, 11) is 0. The van der Waals surface area contributed by atoms with Gasteiger partial charge in [0.05, 0.1) is 6.54 Å². The Morgan fingerprint density at radius 3 is 2.73 bits per heavy atom. The van der Waals surface area contributed by atoms with Crippen molar-refractivity contribution in [3.05, 3.63) is 47.0 Å². The van der Waals surface area contributed by atoms with E-state index in [1.165, 1.54) is 6.07 Å². The molecule has 0 spiro atoms. The molecule has 1 aliphatic rings. The Bertz CT molecular complexity index is 679. The van der Waals surface area contributed by atoms with Crippen LogP contribution in [-0.2, 0) is 19.5 Å². The minimum absolute atomic E-state index is 0.0968. The SMILES string of the molecule is O=C(NCc1nnc2n1CCCCC2)c1c(F)cccc1F. The topological polar surface area (TPSA) is 59.8 Å². The van der Waals surface area contributed by atoms with Gasteiger partial charge in [-0.1, -0.05) is 12.5 Å². The lowest BCUT2D eigenvalue weighted by atomic mass is 10.2. The van der Waals surface area contributed by atoms with E-state index in [-0.39, 0.29) is 6.54 Å². The number of nitrogens with one attached hydrogen (secondary N) is 1. The lowest BCUT2D eigenvalue weighted by molar-refractivity contribution is 0.0941. The number of carbonyl (C=O) groups is 1. The molecule has 3 rings (SSSR count). The Morgan fingerprint density at radius 2 is 1.95 bits per heavy atom. The van der Waals surface area contributed by atoms with Crippen LogP contribution in [0.3, 0.4) is 0 Å². The Balaban J connectivity index is 1.73. The first-order valence-corrected chi connectivity index (χ1v) is 7.30. The summed E-state index contributed by atoms with van der Waals surface area (Å²) in [4.78, 5) is 12.0. The molecule has 2 heterocycles. The van der Waals surface area contributed by atoms with Crippen molar-refractivity contribution in [2.45, 2.75) is 38.8 Å². The molecule has 1 aromatic carbocycles. The fraction of sp³-hybridized carbons (Fsp3) is 0.400. The van der Waals surface area contributed by atoms with Gasteiger partial charge >= 0.3 is 0 Å². The highest BCUT2D eigenvalue weighted by molar-refractivity contribution is 5.94. The molecule has 0 aliphatic carbocycles. The predicted molar refractivity (Wildman–Crippen MR) is 75.1 cm³/mol. The summed E-state index contributed by atoms with van der Waals surface area (Å²) in [6, 6.07) is 3.34. The average Bonchev–Trinajstić information content (AvgIpc) is 2.72. The van der Waals surface area contributed by atoms with E-state index < -0.39 is 23.1 Å². The average molecular weight is 306 g/mol. The van der Waals surface area contributed by atoms with Crippen molar-refractivity contribution in [3.8, 4) is 0 Å². The number of fused-ring (bicyclic) bond motifs is 1. The van der Waals surface area contributed by atoms with Crippen molar-refractivity contribution in [3.63, 3.8) is 0 Å². The van der Waals surface area contributed by atoms with Crippen molar-refractivity contribution >= 4 is 5.91 Å². The van der Waals surface area contributed by atoms with Gasteiger partial charge in [0, 0.05) is 13.0 Å². The second-order valence-corrected chi connectivity index (χ2v) is 5.27. The molecule has 0 saturated carbocycles. The van der Waals surface area contributed by atoms with E-state index >= 15 is 0 Å². The molecule has 0 atom stereocenters. The first kappa shape index (κ1) is 14.6. The molecular formula is C15H16F2N4O. The molecule has 1 N–H and O–H groups in total. The number of rotatable bonds is 3. The summed E-state index contributed by atoms with van der Waals surface area (Å²) in [5.74, 6) is -1.03. The summed E-state index contributed by atoms with van der Waals surface area (Å²) in [5.41, 5.74) is -0.571. The maximum absolute atomic E-state index is 13.6. The Morgan fingerprint density at radius 1 is 1.18 bits per heavy atom. The lowest BCUT2D eigenvalue weighted by Crippen LogP contribution is -2.26. The van der Waals surface area contributed by atoms with Crippen LogP contribution in [0.15, 0.2) is 18.2 Å². The molecule has 1 aromatic heterocycles. The van der Waals surface area contributed by atoms with Gasteiger partial charge in [-0.15, -0.1) is 10.2 Å². The fourth-order valence-electron chi connectivity index (χ4n) is 2.64. The third-order valence-electron chi connectivity index (χ3n) is 3.78. The number of aryl methyl sites for hydroxylation is 1. The van der Waals surface area contributed by atoms with Crippen molar-refractivity contribution in [1.82, 2.24) is 20.1 Å². The van der Waals surface area contributed by atoms with Crippen LogP contribution in [0.5, 0.6) is 0 Å². The molecule has 2 aromatic rings. The number of hydrogen-bond donors (Lipinski definition) is 1. The van der Waals surface area contributed by atoms with E-state index in [0.717, 1.165) is 50.2 Å². The maximum atomic E-state index is 13.6. The second-order valence-electron chi connectivity index (χ2n) is 5.27. The molecule has 1 amide bonds.